The Bertz CT molecular complexity index is 1000. The molecule has 126 valence electrons. The first-order valence-corrected chi connectivity index (χ1v) is 8.74. The number of nitrogens with one attached hydrogen (secondary N) is 1. The largest absolute Gasteiger partial charge is 0.364 e. The molecule has 4 nitrogen and oxygen atoms in total. The van der Waals surface area contributed by atoms with Crippen LogP contribution in [0.5, 0.6) is 0 Å². The molecule has 0 radical (unpaired) electrons. The van der Waals surface area contributed by atoms with Crippen molar-refractivity contribution in [2.24, 2.45) is 5.92 Å². The molecule has 2 aromatic heterocycles. The molecule has 1 N–H and O–H groups in total. The van der Waals surface area contributed by atoms with Crippen molar-refractivity contribution in [3.05, 3.63) is 66.5 Å². The average molecular weight is 330 g/mol. The lowest BCUT2D eigenvalue weighted by Crippen LogP contribution is -2.05. The van der Waals surface area contributed by atoms with Gasteiger partial charge in [0.25, 0.3) is 0 Å². The summed E-state index contributed by atoms with van der Waals surface area (Å²) in [4.78, 5) is 9.50. The molecule has 2 aromatic carbocycles. The number of fused-ring (bicyclic) bond motifs is 3. The zero-order valence-electron chi connectivity index (χ0n) is 14.6. The van der Waals surface area contributed by atoms with Crippen LogP contribution >= 0.6 is 0 Å². The molecular formula is C21H22N4. The van der Waals surface area contributed by atoms with Crippen molar-refractivity contribution in [3.63, 3.8) is 0 Å². The number of nitrogens with zero attached hydrogens (tertiary/aromatic N) is 3. The number of para-hydroxylation sites is 1. The van der Waals surface area contributed by atoms with E-state index in [0.29, 0.717) is 5.92 Å². The molecule has 4 heteroatoms. The van der Waals surface area contributed by atoms with Gasteiger partial charge in [0.05, 0.1) is 17.4 Å². The summed E-state index contributed by atoms with van der Waals surface area (Å²) in [5, 5.41) is 4.63. The first kappa shape index (κ1) is 15.6. The predicted octanol–water partition coefficient (Wildman–Crippen LogP) is 4.85. The second kappa shape index (κ2) is 6.55. The van der Waals surface area contributed by atoms with E-state index in [2.05, 4.69) is 71.2 Å². The highest BCUT2D eigenvalue weighted by Crippen LogP contribution is 2.29. The second-order valence-corrected chi connectivity index (χ2v) is 6.80. The summed E-state index contributed by atoms with van der Waals surface area (Å²) in [6.45, 7) is 6.13. The van der Waals surface area contributed by atoms with Crippen LogP contribution in [0.1, 0.15) is 19.4 Å². The Morgan fingerprint density at radius 1 is 1.00 bits per heavy atom. The summed E-state index contributed by atoms with van der Waals surface area (Å²) in [6, 6.07) is 18.7. The van der Waals surface area contributed by atoms with Gasteiger partial charge < -0.3 is 9.88 Å². The molecule has 0 saturated carbocycles. The number of rotatable bonds is 5. The second-order valence-electron chi connectivity index (χ2n) is 6.80. The van der Waals surface area contributed by atoms with E-state index in [9.17, 15) is 0 Å². The van der Waals surface area contributed by atoms with Crippen molar-refractivity contribution in [3.8, 4) is 0 Å². The minimum Gasteiger partial charge on any atom is -0.364 e. The fourth-order valence-electron chi connectivity index (χ4n) is 3.22. The molecule has 4 rings (SSSR count). The summed E-state index contributed by atoms with van der Waals surface area (Å²) in [5.41, 5.74) is 4.33. The third-order valence-electron chi connectivity index (χ3n) is 4.32. The molecule has 25 heavy (non-hydrogen) atoms. The van der Waals surface area contributed by atoms with Crippen molar-refractivity contribution in [1.29, 1.82) is 0 Å². The highest BCUT2D eigenvalue weighted by atomic mass is 15.1. The molecule has 2 heterocycles. The van der Waals surface area contributed by atoms with E-state index in [1.54, 1.807) is 0 Å². The standard InChI is InChI=1S/C21H22N4/c1-15(2)13-25-14-23-19-20(25)17-10-6-7-11-18(17)24-21(19)22-12-16-8-4-3-5-9-16/h3-11,14-15H,12-13H2,1-2H3,(H,22,24). The topological polar surface area (TPSA) is 42.7 Å². The number of anilines is 1. The van der Waals surface area contributed by atoms with Gasteiger partial charge in [0.2, 0.25) is 0 Å². The Hall–Kier alpha value is -2.88. The van der Waals surface area contributed by atoms with Crippen LogP contribution in [0.2, 0.25) is 0 Å². The lowest BCUT2D eigenvalue weighted by Gasteiger charge is -2.12. The van der Waals surface area contributed by atoms with E-state index in [1.165, 1.54) is 5.56 Å². The zero-order valence-corrected chi connectivity index (χ0v) is 14.6. The van der Waals surface area contributed by atoms with Crippen molar-refractivity contribution in [1.82, 2.24) is 14.5 Å². The minimum absolute atomic E-state index is 0.560. The highest BCUT2D eigenvalue weighted by molar-refractivity contribution is 6.06. The molecular weight excluding hydrogens is 308 g/mol. The van der Waals surface area contributed by atoms with Crippen LogP contribution in [0, 0.1) is 5.92 Å². The Labute approximate surface area is 147 Å². The van der Waals surface area contributed by atoms with Crippen molar-refractivity contribution in [2.75, 3.05) is 5.32 Å². The molecule has 0 unspecified atom stereocenters. The summed E-state index contributed by atoms with van der Waals surface area (Å²) in [6.07, 6.45) is 1.94. The van der Waals surface area contributed by atoms with Gasteiger partial charge in [0.15, 0.2) is 5.82 Å². The fourth-order valence-corrected chi connectivity index (χ4v) is 3.22. The average Bonchev–Trinajstić information content (AvgIpc) is 3.04. The van der Waals surface area contributed by atoms with Crippen LogP contribution in [-0.2, 0) is 13.1 Å². The van der Waals surface area contributed by atoms with E-state index in [4.69, 9.17) is 4.98 Å². The van der Waals surface area contributed by atoms with Gasteiger partial charge in [-0.2, -0.15) is 0 Å². The maximum absolute atomic E-state index is 4.82. The minimum atomic E-state index is 0.560. The third-order valence-corrected chi connectivity index (χ3v) is 4.32. The smallest absolute Gasteiger partial charge is 0.155 e. The lowest BCUT2D eigenvalue weighted by molar-refractivity contribution is 0.533. The number of pyridine rings is 1. The van der Waals surface area contributed by atoms with Crippen LogP contribution in [0.15, 0.2) is 60.9 Å². The molecule has 0 spiro atoms. The summed E-state index contributed by atoms with van der Waals surface area (Å²) >= 11 is 0. The Kier molecular flexibility index (Phi) is 4.10. The first-order chi connectivity index (χ1) is 12.2. The van der Waals surface area contributed by atoms with E-state index in [0.717, 1.165) is 40.8 Å². The third kappa shape index (κ3) is 3.07. The normalized spacial score (nSPS) is 11.5. The Morgan fingerprint density at radius 2 is 1.76 bits per heavy atom. The van der Waals surface area contributed by atoms with Gasteiger partial charge in [0, 0.05) is 18.5 Å². The molecule has 0 atom stereocenters. The van der Waals surface area contributed by atoms with Crippen molar-refractivity contribution >= 4 is 27.8 Å². The maximum Gasteiger partial charge on any atom is 0.155 e. The van der Waals surface area contributed by atoms with Gasteiger partial charge in [-0.1, -0.05) is 62.4 Å². The van der Waals surface area contributed by atoms with Crippen LogP contribution in [-0.4, -0.2) is 14.5 Å². The molecule has 4 aromatic rings. The predicted molar refractivity (Wildman–Crippen MR) is 104 cm³/mol. The monoisotopic (exact) mass is 330 g/mol. The number of aromatic nitrogens is 3. The zero-order chi connectivity index (χ0) is 17.2. The van der Waals surface area contributed by atoms with E-state index >= 15 is 0 Å². The SMILES string of the molecule is CC(C)Cn1cnc2c(NCc3ccccc3)nc3ccccc3c21. The molecule has 0 bridgehead atoms. The molecule has 0 fully saturated rings. The molecule has 0 aliphatic carbocycles. The lowest BCUT2D eigenvalue weighted by atomic mass is 10.1. The van der Waals surface area contributed by atoms with Gasteiger partial charge in [-0.25, -0.2) is 9.97 Å². The van der Waals surface area contributed by atoms with E-state index < -0.39 is 0 Å². The van der Waals surface area contributed by atoms with Crippen LogP contribution in [0.25, 0.3) is 21.9 Å². The summed E-state index contributed by atoms with van der Waals surface area (Å²) in [7, 11) is 0. The van der Waals surface area contributed by atoms with Crippen molar-refractivity contribution in [2.45, 2.75) is 26.9 Å². The van der Waals surface area contributed by atoms with Crippen LogP contribution in [0.3, 0.4) is 0 Å². The van der Waals surface area contributed by atoms with Gasteiger partial charge in [-0.15, -0.1) is 0 Å². The number of benzene rings is 2. The Balaban J connectivity index is 1.81. The van der Waals surface area contributed by atoms with Gasteiger partial charge in [-0.05, 0) is 17.5 Å². The molecule has 0 saturated heterocycles. The van der Waals surface area contributed by atoms with Gasteiger partial charge in [-0.3, -0.25) is 0 Å². The number of hydrogen-bond acceptors (Lipinski definition) is 3. The quantitative estimate of drug-likeness (QED) is 0.568. The summed E-state index contributed by atoms with van der Waals surface area (Å²) < 4.78 is 2.25. The van der Waals surface area contributed by atoms with Gasteiger partial charge >= 0.3 is 0 Å². The fraction of sp³-hybridized carbons (Fsp3) is 0.238. The van der Waals surface area contributed by atoms with E-state index in [-0.39, 0.29) is 0 Å². The molecule has 0 aliphatic rings. The van der Waals surface area contributed by atoms with Crippen molar-refractivity contribution < 1.29 is 0 Å². The summed E-state index contributed by atoms with van der Waals surface area (Å²) in [5.74, 6) is 1.41. The van der Waals surface area contributed by atoms with Crippen LogP contribution in [0.4, 0.5) is 5.82 Å². The molecule has 0 amide bonds. The number of hydrogen-bond donors (Lipinski definition) is 1. The van der Waals surface area contributed by atoms with E-state index in [1.807, 2.05) is 18.5 Å². The molecule has 0 aliphatic heterocycles. The van der Waals surface area contributed by atoms with Gasteiger partial charge in [0.1, 0.15) is 5.52 Å². The van der Waals surface area contributed by atoms with Crippen LogP contribution < -0.4 is 5.32 Å². The Morgan fingerprint density at radius 3 is 2.56 bits per heavy atom. The highest BCUT2D eigenvalue weighted by Gasteiger charge is 2.14. The number of imidazole rings is 1. The first-order valence-electron chi connectivity index (χ1n) is 8.74. The maximum atomic E-state index is 4.82.